The maximum absolute atomic E-state index is 13.4. The SMILES string of the molecule is O=P(OCCCCOP(=O)(Oc1ccccc1)Oc1ccccc1)(Oc1ccccc1)Oc1ccccc1. The second kappa shape index (κ2) is 13.8. The normalized spacial score (nSPS) is 11.5. The average Bonchev–Trinajstić information content (AvgIpc) is 2.93. The van der Waals surface area contributed by atoms with E-state index in [-0.39, 0.29) is 13.2 Å². The van der Waals surface area contributed by atoms with Crippen molar-refractivity contribution in [1.29, 1.82) is 0 Å². The summed E-state index contributed by atoms with van der Waals surface area (Å²) in [6.45, 7) is 0.0907. The van der Waals surface area contributed by atoms with Crippen molar-refractivity contribution < 1.29 is 36.3 Å². The predicted molar refractivity (Wildman–Crippen MR) is 145 cm³/mol. The molecule has 0 aliphatic carbocycles. The van der Waals surface area contributed by atoms with Gasteiger partial charge in [-0.3, -0.25) is 9.05 Å². The molecule has 0 atom stereocenters. The molecule has 0 radical (unpaired) electrons. The maximum atomic E-state index is 13.4. The highest BCUT2D eigenvalue weighted by atomic mass is 31.2. The van der Waals surface area contributed by atoms with E-state index in [4.69, 9.17) is 27.1 Å². The molecule has 4 aromatic rings. The van der Waals surface area contributed by atoms with Crippen LogP contribution in [0.4, 0.5) is 0 Å². The summed E-state index contributed by atoms with van der Waals surface area (Å²) in [6, 6.07) is 34.6. The summed E-state index contributed by atoms with van der Waals surface area (Å²) in [5.41, 5.74) is 0. The van der Waals surface area contributed by atoms with Gasteiger partial charge in [0, 0.05) is 0 Å². The molecule has 198 valence electrons. The Balaban J connectivity index is 1.32. The number of hydrogen-bond donors (Lipinski definition) is 0. The molecule has 10 heteroatoms. The molecule has 0 unspecified atom stereocenters. The molecule has 38 heavy (non-hydrogen) atoms. The summed E-state index contributed by atoms with van der Waals surface area (Å²) in [5.74, 6) is 1.42. The quantitative estimate of drug-likeness (QED) is 0.107. The first kappa shape index (κ1) is 27.5. The highest BCUT2D eigenvalue weighted by molar-refractivity contribution is 7.49. The van der Waals surface area contributed by atoms with Crippen LogP contribution >= 0.6 is 15.6 Å². The molecular formula is C28H28O8P2. The molecule has 0 fully saturated rings. The minimum Gasteiger partial charge on any atom is -0.395 e. The monoisotopic (exact) mass is 554 g/mol. The Hall–Kier alpha value is -3.54. The minimum atomic E-state index is -3.98. The maximum Gasteiger partial charge on any atom is 0.587 e. The minimum absolute atomic E-state index is 0.0453. The van der Waals surface area contributed by atoms with Gasteiger partial charge < -0.3 is 18.1 Å². The molecule has 0 saturated heterocycles. The molecule has 0 aliphatic heterocycles. The zero-order valence-corrected chi connectivity index (χ0v) is 22.3. The van der Waals surface area contributed by atoms with Crippen LogP contribution in [0.5, 0.6) is 23.0 Å². The van der Waals surface area contributed by atoms with Crippen molar-refractivity contribution in [3.8, 4) is 23.0 Å². The van der Waals surface area contributed by atoms with E-state index >= 15 is 0 Å². The van der Waals surface area contributed by atoms with Crippen molar-refractivity contribution in [3.05, 3.63) is 121 Å². The molecule has 0 amide bonds. The van der Waals surface area contributed by atoms with E-state index in [2.05, 4.69) is 0 Å². The van der Waals surface area contributed by atoms with Crippen LogP contribution in [0.25, 0.3) is 0 Å². The lowest BCUT2D eigenvalue weighted by atomic mass is 10.3. The van der Waals surface area contributed by atoms with Crippen LogP contribution in [-0.4, -0.2) is 13.2 Å². The van der Waals surface area contributed by atoms with Gasteiger partial charge in [-0.05, 0) is 61.4 Å². The van der Waals surface area contributed by atoms with Gasteiger partial charge in [-0.1, -0.05) is 72.8 Å². The fourth-order valence-electron chi connectivity index (χ4n) is 3.14. The molecular weight excluding hydrogens is 526 g/mol. The Morgan fingerprint density at radius 3 is 0.868 bits per heavy atom. The van der Waals surface area contributed by atoms with E-state index in [9.17, 15) is 9.13 Å². The molecule has 0 N–H and O–H groups in total. The third-order valence-corrected chi connectivity index (χ3v) is 7.61. The van der Waals surface area contributed by atoms with Crippen molar-refractivity contribution in [1.82, 2.24) is 0 Å². The summed E-state index contributed by atoms with van der Waals surface area (Å²) in [5, 5.41) is 0. The van der Waals surface area contributed by atoms with Crippen LogP contribution in [0.1, 0.15) is 12.8 Å². The molecule has 0 aliphatic rings. The molecule has 4 aromatic carbocycles. The largest absolute Gasteiger partial charge is 0.587 e. The third-order valence-electron chi connectivity index (χ3n) is 4.88. The van der Waals surface area contributed by atoms with Crippen molar-refractivity contribution in [2.75, 3.05) is 13.2 Å². The van der Waals surface area contributed by atoms with Crippen LogP contribution in [-0.2, 0) is 18.2 Å². The molecule has 0 heterocycles. The van der Waals surface area contributed by atoms with E-state index in [1.54, 1.807) is 97.1 Å². The van der Waals surface area contributed by atoms with E-state index in [1.807, 2.05) is 24.3 Å². The summed E-state index contributed by atoms with van der Waals surface area (Å²) < 4.78 is 60.3. The topological polar surface area (TPSA) is 89.5 Å². The zero-order valence-electron chi connectivity index (χ0n) is 20.5. The van der Waals surface area contributed by atoms with Crippen molar-refractivity contribution in [2.45, 2.75) is 12.8 Å². The molecule has 8 nitrogen and oxygen atoms in total. The van der Waals surface area contributed by atoms with E-state index in [0.29, 0.717) is 35.8 Å². The number of para-hydroxylation sites is 4. The lowest BCUT2D eigenvalue weighted by Gasteiger charge is -2.20. The van der Waals surface area contributed by atoms with E-state index in [1.165, 1.54) is 0 Å². The van der Waals surface area contributed by atoms with E-state index < -0.39 is 15.6 Å². The standard InChI is InChI=1S/C28H28O8P2/c29-37(33-25-15-5-1-6-16-25,34-26-17-7-2-8-18-26)31-23-13-14-24-32-38(30,35-27-19-9-3-10-20-27)36-28-21-11-4-12-22-28/h1-12,15-22H,13-14,23-24H2. The second-order valence-electron chi connectivity index (χ2n) is 7.89. The van der Waals surface area contributed by atoms with Gasteiger partial charge in [-0.25, -0.2) is 9.13 Å². The lowest BCUT2D eigenvalue weighted by molar-refractivity contribution is 0.183. The Labute approximate surface area is 222 Å². The van der Waals surface area contributed by atoms with Crippen LogP contribution in [0.2, 0.25) is 0 Å². The highest BCUT2D eigenvalue weighted by Crippen LogP contribution is 2.51. The van der Waals surface area contributed by atoms with Gasteiger partial charge in [0.05, 0.1) is 13.2 Å². The first-order valence-electron chi connectivity index (χ1n) is 12.0. The van der Waals surface area contributed by atoms with Crippen LogP contribution < -0.4 is 18.1 Å². The van der Waals surface area contributed by atoms with Crippen molar-refractivity contribution in [3.63, 3.8) is 0 Å². The van der Waals surface area contributed by atoms with Crippen molar-refractivity contribution >= 4 is 15.6 Å². The number of rotatable bonds is 15. The van der Waals surface area contributed by atoms with Gasteiger partial charge in [-0.15, -0.1) is 0 Å². The number of phosphoric acid groups is 2. The fourth-order valence-corrected chi connectivity index (χ4v) is 5.65. The van der Waals surface area contributed by atoms with Gasteiger partial charge in [0.25, 0.3) is 0 Å². The second-order valence-corrected chi connectivity index (χ2v) is 10.9. The lowest BCUT2D eigenvalue weighted by Crippen LogP contribution is -2.08. The van der Waals surface area contributed by atoms with Crippen molar-refractivity contribution in [2.24, 2.45) is 0 Å². The number of phosphoric ester groups is 2. The smallest absolute Gasteiger partial charge is 0.395 e. The first-order valence-corrected chi connectivity index (χ1v) is 14.9. The zero-order chi connectivity index (χ0) is 26.5. The molecule has 0 spiro atoms. The van der Waals surface area contributed by atoms with Gasteiger partial charge in [0.15, 0.2) is 0 Å². The Kier molecular flexibility index (Phi) is 10.0. The van der Waals surface area contributed by atoms with Gasteiger partial charge in [-0.2, -0.15) is 0 Å². The molecule has 0 aromatic heterocycles. The van der Waals surface area contributed by atoms with Gasteiger partial charge >= 0.3 is 15.6 Å². The molecule has 0 saturated carbocycles. The fraction of sp³-hybridized carbons (Fsp3) is 0.143. The summed E-state index contributed by atoms with van der Waals surface area (Å²) in [6.07, 6.45) is 0.827. The Morgan fingerprint density at radius 1 is 0.395 bits per heavy atom. The number of benzene rings is 4. The third kappa shape index (κ3) is 9.09. The Morgan fingerprint density at radius 2 is 0.632 bits per heavy atom. The van der Waals surface area contributed by atoms with Crippen LogP contribution in [0.3, 0.4) is 0 Å². The number of unbranched alkanes of at least 4 members (excludes halogenated alkanes) is 1. The summed E-state index contributed by atoms with van der Waals surface area (Å²) in [7, 11) is -7.96. The average molecular weight is 554 g/mol. The van der Waals surface area contributed by atoms with Gasteiger partial charge in [0.1, 0.15) is 23.0 Å². The molecule has 0 bridgehead atoms. The summed E-state index contributed by atoms with van der Waals surface area (Å²) in [4.78, 5) is 0. The summed E-state index contributed by atoms with van der Waals surface area (Å²) >= 11 is 0. The van der Waals surface area contributed by atoms with Gasteiger partial charge in [0.2, 0.25) is 0 Å². The highest BCUT2D eigenvalue weighted by Gasteiger charge is 2.32. The first-order chi connectivity index (χ1) is 18.5. The van der Waals surface area contributed by atoms with Crippen LogP contribution in [0.15, 0.2) is 121 Å². The number of hydrogen-bond acceptors (Lipinski definition) is 8. The Bertz CT molecular complexity index is 1130. The van der Waals surface area contributed by atoms with E-state index in [0.717, 1.165) is 0 Å². The predicted octanol–water partition coefficient (Wildman–Crippen LogP) is 8.33. The molecule has 4 rings (SSSR count). The van der Waals surface area contributed by atoms with Crippen LogP contribution in [0, 0.1) is 0 Å².